The van der Waals surface area contributed by atoms with Gasteiger partial charge < -0.3 is 19.5 Å². The lowest BCUT2D eigenvalue weighted by atomic mass is 10.2. The monoisotopic (exact) mass is 436 g/mol. The zero-order valence-electron chi connectivity index (χ0n) is 18.0. The molecule has 0 spiro atoms. The van der Waals surface area contributed by atoms with Crippen LogP contribution in [0.25, 0.3) is 0 Å². The lowest BCUT2D eigenvalue weighted by Gasteiger charge is -2.08. The molecule has 11 heteroatoms. The van der Waals surface area contributed by atoms with E-state index in [1.807, 2.05) is 6.19 Å². The zero-order chi connectivity index (χ0) is 22.4. The average molecular weight is 437 g/mol. The molecule has 0 aliphatic heterocycles. The number of rotatable bonds is 17. The summed E-state index contributed by atoms with van der Waals surface area (Å²) >= 11 is 0. The van der Waals surface area contributed by atoms with Crippen LogP contribution in [0.5, 0.6) is 0 Å². The van der Waals surface area contributed by atoms with Crippen molar-refractivity contribution in [3.8, 4) is 6.19 Å². The van der Waals surface area contributed by atoms with Crippen LogP contribution in [-0.2, 0) is 23.8 Å². The van der Waals surface area contributed by atoms with Gasteiger partial charge in [0.15, 0.2) is 6.19 Å². The second-order valence-electron chi connectivity index (χ2n) is 6.23. The van der Waals surface area contributed by atoms with Crippen molar-refractivity contribution in [3.05, 3.63) is 24.5 Å². The average Bonchev–Trinajstić information content (AvgIpc) is 2.78. The number of hydrogen-bond acceptors (Lipinski definition) is 8. The molecule has 0 atom stereocenters. The van der Waals surface area contributed by atoms with Crippen molar-refractivity contribution in [2.24, 2.45) is 4.99 Å². The molecule has 0 bridgehead atoms. The highest BCUT2D eigenvalue weighted by molar-refractivity contribution is 5.94. The molecule has 0 saturated carbocycles. The van der Waals surface area contributed by atoms with Crippen LogP contribution >= 0.6 is 0 Å². The largest absolute Gasteiger partial charge is 0.382 e. The molecule has 1 amide bonds. The molecule has 0 aromatic carbocycles. The molecule has 1 aromatic rings. The number of anilines is 1. The number of nitrogens with one attached hydrogen (secondary N) is 3. The Balaban J connectivity index is 1.99. The van der Waals surface area contributed by atoms with Gasteiger partial charge in [0.2, 0.25) is 11.9 Å². The van der Waals surface area contributed by atoms with Gasteiger partial charge in [-0.05, 0) is 25.0 Å². The molecule has 172 valence electrons. The highest BCUT2D eigenvalue weighted by Crippen LogP contribution is 2.04. The highest BCUT2D eigenvalue weighted by atomic mass is 16.7. The summed E-state index contributed by atoms with van der Waals surface area (Å²) in [5.74, 6) is 0.209. The fourth-order valence-corrected chi connectivity index (χ4v) is 2.25. The van der Waals surface area contributed by atoms with Gasteiger partial charge in [-0.25, -0.2) is 5.48 Å². The van der Waals surface area contributed by atoms with E-state index in [4.69, 9.17) is 24.3 Å². The summed E-state index contributed by atoms with van der Waals surface area (Å²) in [5, 5.41) is 14.3. The molecule has 0 unspecified atom stereocenters. The normalized spacial score (nSPS) is 11.0. The molecule has 0 aliphatic carbocycles. The number of ether oxygens (including phenoxy) is 3. The predicted molar refractivity (Wildman–Crippen MR) is 115 cm³/mol. The Labute approximate surface area is 183 Å². The molecule has 0 radical (unpaired) electrons. The van der Waals surface area contributed by atoms with E-state index in [1.165, 1.54) is 0 Å². The maximum atomic E-state index is 11.7. The molecular weight excluding hydrogens is 404 g/mol. The molecule has 0 saturated heterocycles. The minimum absolute atomic E-state index is 0.169. The summed E-state index contributed by atoms with van der Waals surface area (Å²) in [7, 11) is 1.62. The minimum Gasteiger partial charge on any atom is -0.382 e. The summed E-state index contributed by atoms with van der Waals surface area (Å²) in [5.41, 5.74) is 3.19. The highest BCUT2D eigenvalue weighted by Gasteiger charge is 2.02. The van der Waals surface area contributed by atoms with Crippen molar-refractivity contribution in [2.45, 2.75) is 25.7 Å². The number of methoxy groups -OCH3 is 1. The summed E-state index contributed by atoms with van der Waals surface area (Å²) in [6.07, 6.45) is 7.87. The number of unbranched alkanes of at least 4 members (excludes halogenated alkanes) is 2. The Kier molecular flexibility index (Phi) is 16.3. The Hall–Kier alpha value is -2.78. The fourth-order valence-electron chi connectivity index (χ4n) is 2.25. The number of guanidine groups is 1. The smallest absolute Gasteiger partial charge is 0.243 e. The van der Waals surface area contributed by atoms with Crippen molar-refractivity contribution in [3.63, 3.8) is 0 Å². The van der Waals surface area contributed by atoms with E-state index < -0.39 is 0 Å². The van der Waals surface area contributed by atoms with Crippen LogP contribution in [-0.4, -0.2) is 70.1 Å². The van der Waals surface area contributed by atoms with Gasteiger partial charge in [-0.3, -0.25) is 24.9 Å². The molecule has 3 N–H and O–H groups in total. The van der Waals surface area contributed by atoms with E-state index in [-0.39, 0.29) is 12.5 Å². The lowest BCUT2D eigenvalue weighted by Crippen LogP contribution is -2.27. The van der Waals surface area contributed by atoms with Crippen molar-refractivity contribution < 1.29 is 23.8 Å². The third-order valence-corrected chi connectivity index (χ3v) is 3.77. The number of carbonyl (C=O) groups excluding carboxylic acids is 1. The second kappa shape index (κ2) is 19.2. The topological polar surface area (TPSA) is 139 Å². The van der Waals surface area contributed by atoms with Gasteiger partial charge in [0.1, 0.15) is 0 Å². The van der Waals surface area contributed by atoms with Gasteiger partial charge in [0, 0.05) is 38.2 Å². The summed E-state index contributed by atoms with van der Waals surface area (Å²) in [6, 6.07) is 3.56. The quantitative estimate of drug-likeness (QED) is 0.0821. The fraction of sp³-hybridized carbons (Fsp3) is 0.600. The zero-order valence-corrected chi connectivity index (χ0v) is 18.0. The van der Waals surface area contributed by atoms with Crippen molar-refractivity contribution in [1.29, 1.82) is 5.26 Å². The molecule has 1 rings (SSSR count). The number of nitriles is 1. The first-order chi connectivity index (χ1) is 15.3. The number of hydrogen-bond donors (Lipinski definition) is 3. The predicted octanol–water partition coefficient (Wildman–Crippen LogP) is 1.21. The van der Waals surface area contributed by atoms with Gasteiger partial charge in [-0.15, -0.1) is 0 Å². The maximum absolute atomic E-state index is 11.7. The Morgan fingerprint density at radius 3 is 2.48 bits per heavy atom. The second-order valence-corrected chi connectivity index (χ2v) is 6.23. The third-order valence-electron chi connectivity index (χ3n) is 3.77. The molecule has 11 nitrogen and oxygen atoms in total. The van der Waals surface area contributed by atoms with Gasteiger partial charge in [0.25, 0.3) is 0 Å². The van der Waals surface area contributed by atoms with Gasteiger partial charge >= 0.3 is 0 Å². The number of amides is 1. The summed E-state index contributed by atoms with van der Waals surface area (Å²) in [6.45, 7) is 3.24. The van der Waals surface area contributed by atoms with Crippen molar-refractivity contribution in [1.82, 2.24) is 15.8 Å². The minimum atomic E-state index is -0.169. The lowest BCUT2D eigenvalue weighted by molar-refractivity contribution is -0.135. The molecular formula is C20H32N6O5. The summed E-state index contributed by atoms with van der Waals surface area (Å²) in [4.78, 5) is 25.0. The number of carbonyl (C=O) groups is 1. The van der Waals surface area contributed by atoms with Gasteiger partial charge in [-0.2, -0.15) is 5.26 Å². The first kappa shape index (κ1) is 26.3. The molecule has 1 aromatic heterocycles. The van der Waals surface area contributed by atoms with Crippen LogP contribution in [0.15, 0.2) is 29.5 Å². The van der Waals surface area contributed by atoms with Crippen LogP contribution < -0.4 is 16.1 Å². The number of aromatic nitrogens is 1. The molecule has 0 fully saturated rings. The molecule has 1 heterocycles. The van der Waals surface area contributed by atoms with Crippen LogP contribution in [0.3, 0.4) is 0 Å². The van der Waals surface area contributed by atoms with Crippen molar-refractivity contribution >= 4 is 17.6 Å². The van der Waals surface area contributed by atoms with Gasteiger partial charge in [0.05, 0.1) is 39.6 Å². The Morgan fingerprint density at radius 2 is 1.77 bits per heavy atom. The van der Waals surface area contributed by atoms with Crippen LogP contribution in [0.2, 0.25) is 0 Å². The van der Waals surface area contributed by atoms with E-state index in [2.05, 4.69) is 26.1 Å². The van der Waals surface area contributed by atoms with E-state index in [0.29, 0.717) is 52.0 Å². The SMILES string of the molecule is COCCOCCOCCONC(=O)CCCCCN=C(NC#N)Nc1ccncc1. The van der Waals surface area contributed by atoms with E-state index in [0.717, 1.165) is 24.9 Å². The molecule has 31 heavy (non-hydrogen) atoms. The molecule has 0 aliphatic rings. The van der Waals surface area contributed by atoms with E-state index in [1.54, 1.807) is 31.6 Å². The van der Waals surface area contributed by atoms with Gasteiger partial charge in [-0.1, -0.05) is 6.42 Å². The number of hydroxylamine groups is 1. The van der Waals surface area contributed by atoms with Crippen LogP contribution in [0, 0.1) is 11.5 Å². The summed E-state index contributed by atoms with van der Waals surface area (Å²) < 4.78 is 15.4. The first-order valence-corrected chi connectivity index (χ1v) is 10.2. The standard InChI is InChI=1S/C20H32N6O5/c1-28-11-12-29-13-14-30-15-16-31-26-19(27)5-3-2-4-8-23-20(24-17-21)25-18-6-9-22-10-7-18/h6-7,9-10H,2-5,8,11-16H2,1H3,(H,26,27)(H2,22,23,24,25). The van der Waals surface area contributed by atoms with Crippen LogP contribution in [0.4, 0.5) is 5.69 Å². The number of pyridine rings is 1. The van der Waals surface area contributed by atoms with Crippen molar-refractivity contribution in [2.75, 3.05) is 58.6 Å². The Bertz CT molecular complexity index is 653. The van der Waals surface area contributed by atoms with E-state index in [9.17, 15) is 4.79 Å². The van der Waals surface area contributed by atoms with Crippen LogP contribution in [0.1, 0.15) is 25.7 Å². The van der Waals surface area contributed by atoms with E-state index >= 15 is 0 Å². The maximum Gasteiger partial charge on any atom is 0.243 e. The Morgan fingerprint density at radius 1 is 1.06 bits per heavy atom. The number of aliphatic imine (C=N–C) groups is 1. The first-order valence-electron chi connectivity index (χ1n) is 10.2. The third kappa shape index (κ3) is 15.7. The number of nitrogens with zero attached hydrogens (tertiary/aromatic N) is 3.